The number of benzene rings is 1. The summed E-state index contributed by atoms with van der Waals surface area (Å²) in [5.41, 5.74) is 1.05. The van der Waals surface area contributed by atoms with Gasteiger partial charge in [0.25, 0.3) is 0 Å². The van der Waals surface area contributed by atoms with Gasteiger partial charge in [0.15, 0.2) is 12.2 Å². The minimum absolute atomic E-state index is 0.0776. The van der Waals surface area contributed by atoms with Crippen molar-refractivity contribution in [2.75, 3.05) is 6.61 Å². The van der Waals surface area contributed by atoms with Crippen LogP contribution in [0.5, 0.6) is 5.75 Å². The first-order chi connectivity index (χ1) is 12.3. The van der Waals surface area contributed by atoms with Crippen molar-refractivity contribution in [3.63, 3.8) is 0 Å². The standard InChI is InChI=1S/C18H22O8/c1-10-5-7-14(8-6-10)26-18-17(25-13(4)21)16(24-12(3)20)15(9-22-18)23-11(2)19/h5-8,15-18H,9H2,1-4H3/t15-,16-,17+,18-/m1/s1. The first kappa shape index (κ1) is 19.7. The van der Waals surface area contributed by atoms with Gasteiger partial charge in [-0.3, -0.25) is 14.4 Å². The second-order valence-corrected chi connectivity index (χ2v) is 5.93. The molecule has 0 aliphatic carbocycles. The predicted octanol–water partition coefficient (Wildman–Crippen LogP) is 1.53. The monoisotopic (exact) mass is 366 g/mol. The normalized spacial score (nSPS) is 25.1. The SMILES string of the molecule is CC(=O)O[C@@H]1[C@@H](Oc2ccc(C)cc2)OC[C@@H](OC(C)=O)[C@H]1OC(C)=O. The van der Waals surface area contributed by atoms with E-state index in [1.54, 1.807) is 12.1 Å². The van der Waals surface area contributed by atoms with Crippen LogP contribution in [0.2, 0.25) is 0 Å². The lowest BCUT2D eigenvalue weighted by Crippen LogP contribution is -2.59. The van der Waals surface area contributed by atoms with E-state index in [2.05, 4.69) is 0 Å². The maximum atomic E-state index is 11.5. The van der Waals surface area contributed by atoms with Crippen LogP contribution in [-0.4, -0.2) is 49.1 Å². The Labute approximate surface area is 151 Å². The van der Waals surface area contributed by atoms with Crippen LogP contribution in [0.4, 0.5) is 0 Å². The number of ether oxygens (including phenoxy) is 5. The molecule has 26 heavy (non-hydrogen) atoms. The molecule has 4 atom stereocenters. The highest BCUT2D eigenvalue weighted by Gasteiger charge is 2.48. The van der Waals surface area contributed by atoms with Gasteiger partial charge in [0.1, 0.15) is 5.75 Å². The van der Waals surface area contributed by atoms with E-state index in [0.29, 0.717) is 5.75 Å². The predicted molar refractivity (Wildman–Crippen MR) is 88.2 cm³/mol. The first-order valence-electron chi connectivity index (χ1n) is 8.13. The molecule has 1 fully saturated rings. The third-order valence-corrected chi connectivity index (χ3v) is 3.58. The van der Waals surface area contributed by atoms with E-state index in [1.165, 1.54) is 20.8 Å². The van der Waals surface area contributed by atoms with E-state index >= 15 is 0 Å². The zero-order chi connectivity index (χ0) is 19.3. The van der Waals surface area contributed by atoms with Crippen molar-refractivity contribution in [1.82, 2.24) is 0 Å². The maximum Gasteiger partial charge on any atom is 0.303 e. The smallest absolute Gasteiger partial charge is 0.303 e. The quantitative estimate of drug-likeness (QED) is 0.572. The molecular formula is C18H22O8. The van der Waals surface area contributed by atoms with E-state index in [4.69, 9.17) is 23.7 Å². The molecule has 142 valence electrons. The van der Waals surface area contributed by atoms with Gasteiger partial charge in [-0.05, 0) is 19.1 Å². The van der Waals surface area contributed by atoms with Crippen LogP contribution < -0.4 is 4.74 Å². The van der Waals surface area contributed by atoms with E-state index < -0.39 is 42.5 Å². The Kier molecular flexibility index (Phi) is 6.57. The minimum Gasteiger partial charge on any atom is -0.461 e. The van der Waals surface area contributed by atoms with E-state index in [-0.39, 0.29) is 6.61 Å². The van der Waals surface area contributed by atoms with E-state index in [1.807, 2.05) is 19.1 Å². The first-order valence-corrected chi connectivity index (χ1v) is 8.13. The topological polar surface area (TPSA) is 97.4 Å². The molecule has 0 amide bonds. The largest absolute Gasteiger partial charge is 0.461 e. The number of hydrogen-bond acceptors (Lipinski definition) is 8. The van der Waals surface area contributed by atoms with Crippen molar-refractivity contribution < 1.29 is 38.1 Å². The van der Waals surface area contributed by atoms with Crippen molar-refractivity contribution in [3.8, 4) is 5.75 Å². The number of rotatable bonds is 5. The van der Waals surface area contributed by atoms with Crippen LogP contribution in [-0.2, 0) is 33.3 Å². The summed E-state index contributed by atoms with van der Waals surface area (Å²) < 4.78 is 27.0. The molecular weight excluding hydrogens is 344 g/mol. The third kappa shape index (κ3) is 5.45. The molecule has 1 saturated heterocycles. The summed E-state index contributed by atoms with van der Waals surface area (Å²) in [6, 6.07) is 7.18. The molecule has 0 saturated carbocycles. The summed E-state index contributed by atoms with van der Waals surface area (Å²) in [4.78, 5) is 34.3. The number of aryl methyl sites for hydroxylation is 1. The van der Waals surface area contributed by atoms with Crippen molar-refractivity contribution in [3.05, 3.63) is 29.8 Å². The van der Waals surface area contributed by atoms with E-state index in [0.717, 1.165) is 5.56 Å². The van der Waals surface area contributed by atoms with Crippen LogP contribution >= 0.6 is 0 Å². The van der Waals surface area contributed by atoms with Gasteiger partial charge < -0.3 is 23.7 Å². The molecule has 1 aliphatic heterocycles. The number of hydrogen-bond donors (Lipinski definition) is 0. The maximum absolute atomic E-state index is 11.5. The molecule has 1 aromatic carbocycles. The lowest BCUT2D eigenvalue weighted by molar-refractivity contribution is -0.259. The van der Waals surface area contributed by atoms with Crippen molar-refractivity contribution in [2.24, 2.45) is 0 Å². The van der Waals surface area contributed by atoms with Crippen molar-refractivity contribution in [1.29, 1.82) is 0 Å². The Hall–Kier alpha value is -2.61. The van der Waals surface area contributed by atoms with Gasteiger partial charge in [-0.2, -0.15) is 0 Å². The molecule has 1 heterocycles. The van der Waals surface area contributed by atoms with Crippen molar-refractivity contribution >= 4 is 17.9 Å². The van der Waals surface area contributed by atoms with E-state index in [9.17, 15) is 14.4 Å². The van der Waals surface area contributed by atoms with Crippen LogP contribution in [0.15, 0.2) is 24.3 Å². The Balaban J connectivity index is 2.25. The molecule has 2 rings (SSSR count). The van der Waals surface area contributed by atoms with Gasteiger partial charge >= 0.3 is 17.9 Å². The van der Waals surface area contributed by atoms with Crippen molar-refractivity contribution in [2.45, 2.75) is 52.3 Å². The summed E-state index contributed by atoms with van der Waals surface area (Å²) in [7, 11) is 0. The van der Waals surface area contributed by atoms with Crippen LogP contribution in [0, 0.1) is 6.92 Å². The number of esters is 3. The average molecular weight is 366 g/mol. The Morgan fingerprint density at radius 3 is 1.96 bits per heavy atom. The summed E-state index contributed by atoms with van der Waals surface area (Å²) in [5.74, 6) is -1.31. The second kappa shape index (κ2) is 8.66. The van der Waals surface area contributed by atoms with Crippen LogP contribution in [0.1, 0.15) is 26.3 Å². The van der Waals surface area contributed by atoms with Gasteiger partial charge in [0.2, 0.25) is 12.4 Å². The van der Waals surface area contributed by atoms with Gasteiger partial charge in [0, 0.05) is 20.8 Å². The molecule has 1 aliphatic rings. The number of carbonyl (C=O) groups is 3. The summed E-state index contributed by atoms with van der Waals surface area (Å²) in [5, 5.41) is 0. The molecule has 0 unspecified atom stereocenters. The fourth-order valence-electron chi connectivity index (χ4n) is 2.56. The van der Waals surface area contributed by atoms with Gasteiger partial charge in [-0.15, -0.1) is 0 Å². The zero-order valence-electron chi connectivity index (χ0n) is 15.1. The summed E-state index contributed by atoms with van der Waals surface area (Å²) in [6.07, 6.45) is -4.10. The summed E-state index contributed by atoms with van der Waals surface area (Å²) >= 11 is 0. The lowest BCUT2D eigenvalue weighted by atomic mass is 10.0. The molecule has 8 nitrogen and oxygen atoms in total. The molecule has 0 N–H and O–H groups in total. The van der Waals surface area contributed by atoms with Crippen LogP contribution in [0.3, 0.4) is 0 Å². The fraction of sp³-hybridized carbons (Fsp3) is 0.500. The fourth-order valence-corrected chi connectivity index (χ4v) is 2.56. The molecule has 0 bridgehead atoms. The molecule has 0 radical (unpaired) electrons. The molecule has 8 heteroatoms. The van der Waals surface area contributed by atoms with Gasteiger partial charge in [-0.1, -0.05) is 17.7 Å². The zero-order valence-corrected chi connectivity index (χ0v) is 15.1. The van der Waals surface area contributed by atoms with Gasteiger partial charge in [-0.25, -0.2) is 0 Å². The van der Waals surface area contributed by atoms with Gasteiger partial charge in [0.05, 0.1) is 6.61 Å². The summed E-state index contributed by atoms with van der Waals surface area (Å²) in [6.45, 7) is 5.50. The highest BCUT2D eigenvalue weighted by Crippen LogP contribution is 2.27. The Bertz CT molecular complexity index is 654. The highest BCUT2D eigenvalue weighted by molar-refractivity contribution is 5.68. The Morgan fingerprint density at radius 1 is 0.885 bits per heavy atom. The van der Waals surface area contributed by atoms with Crippen LogP contribution in [0.25, 0.3) is 0 Å². The molecule has 1 aromatic rings. The third-order valence-electron chi connectivity index (χ3n) is 3.58. The average Bonchev–Trinajstić information content (AvgIpc) is 2.53. The molecule has 0 aromatic heterocycles. The second-order valence-electron chi connectivity index (χ2n) is 5.93. The highest BCUT2D eigenvalue weighted by atomic mass is 16.7. The molecule has 0 spiro atoms. The Morgan fingerprint density at radius 2 is 1.42 bits per heavy atom. The lowest BCUT2D eigenvalue weighted by Gasteiger charge is -2.40. The number of carbonyl (C=O) groups excluding carboxylic acids is 3. The minimum atomic E-state index is -1.10.